The van der Waals surface area contributed by atoms with E-state index >= 15 is 0 Å². The molecule has 0 aliphatic carbocycles. The summed E-state index contributed by atoms with van der Waals surface area (Å²) < 4.78 is 5.41. The van der Waals surface area contributed by atoms with Crippen molar-refractivity contribution < 1.29 is 9.53 Å². The quantitative estimate of drug-likeness (QED) is 0.782. The monoisotopic (exact) mass is 384 g/mol. The van der Waals surface area contributed by atoms with E-state index in [-0.39, 0.29) is 11.3 Å². The minimum absolute atomic E-state index is 0.0643. The molecular formula is C21H28N4O3. The van der Waals surface area contributed by atoms with Crippen molar-refractivity contribution in [2.75, 3.05) is 52.5 Å². The molecule has 1 aromatic carbocycles. The normalized spacial score (nSPS) is 18.6. The van der Waals surface area contributed by atoms with Crippen LogP contribution in [0.1, 0.15) is 28.9 Å². The number of aromatic amines is 1. The fraction of sp³-hybridized carbons (Fsp3) is 0.524. The molecule has 0 saturated carbocycles. The Kier molecular flexibility index (Phi) is 6.04. The first-order valence-electron chi connectivity index (χ1n) is 10.2. The second-order valence-corrected chi connectivity index (χ2v) is 7.55. The number of hydrogen-bond donors (Lipinski definition) is 2. The highest BCUT2D eigenvalue weighted by molar-refractivity contribution is 5.96. The predicted octanol–water partition coefficient (Wildman–Crippen LogP) is 1.19. The predicted molar refractivity (Wildman–Crippen MR) is 109 cm³/mol. The number of benzene rings is 1. The third-order valence-electron chi connectivity index (χ3n) is 5.63. The molecule has 3 heterocycles. The number of para-hydroxylation sites is 1. The van der Waals surface area contributed by atoms with Gasteiger partial charge >= 0.3 is 0 Å². The van der Waals surface area contributed by atoms with Gasteiger partial charge in [0.1, 0.15) is 5.69 Å². The molecule has 7 nitrogen and oxygen atoms in total. The van der Waals surface area contributed by atoms with Crippen LogP contribution >= 0.6 is 0 Å². The third-order valence-corrected chi connectivity index (χ3v) is 5.63. The summed E-state index contributed by atoms with van der Waals surface area (Å²) in [6, 6.07) is 7.38. The number of ether oxygens (including phenoxy) is 1. The smallest absolute Gasteiger partial charge is 0.268 e. The van der Waals surface area contributed by atoms with Crippen molar-refractivity contribution in [3.8, 4) is 0 Å². The fourth-order valence-electron chi connectivity index (χ4n) is 4.03. The summed E-state index contributed by atoms with van der Waals surface area (Å²) >= 11 is 0. The van der Waals surface area contributed by atoms with Gasteiger partial charge in [-0.15, -0.1) is 0 Å². The number of nitrogens with one attached hydrogen (secondary N) is 2. The maximum absolute atomic E-state index is 13.1. The average molecular weight is 384 g/mol. The molecule has 0 bridgehead atoms. The first-order chi connectivity index (χ1) is 13.7. The molecule has 0 radical (unpaired) electrons. The Morgan fingerprint density at radius 1 is 1.07 bits per heavy atom. The molecule has 2 fully saturated rings. The first-order valence-corrected chi connectivity index (χ1v) is 10.2. The van der Waals surface area contributed by atoms with E-state index in [9.17, 15) is 9.59 Å². The van der Waals surface area contributed by atoms with Gasteiger partial charge in [0.2, 0.25) is 0 Å². The molecule has 1 amide bonds. The van der Waals surface area contributed by atoms with Crippen molar-refractivity contribution in [1.29, 1.82) is 0 Å². The van der Waals surface area contributed by atoms with Crippen molar-refractivity contribution in [2.24, 2.45) is 0 Å². The number of morpholine rings is 1. The third kappa shape index (κ3) is 4.27. The average Bonchev–Trinajstić information content (AvgIpc) is 3.24. The molecule has 4 rings (SSSR count). The molecule has 0 unspecified atom stereocenters. The maximum Gasteiger partial charge on any atom is 0.268 e. The Morgan fingerprint density at radius 2 is 1.82 bits per heavy atom. The van der Waals surface area contributed by atoms with Gasteiger partial charge in [-0.25, -0.2) is 0 Å². The van der Waals surface area contributed by atoms with E-state index in [4.69, 9.17) is 4.74 Å². The standard InChI is InChI=1S/C21H28N4O3/c26-20-16-5-1-2-6-18(16)23-19(17(20)15-25-11-13-28-14-12-25)21(27)22-7-10-24-8-3-4-9-24/h1-2,5-6H,3-4,7-15H2,(H,22,27)(H,23,26). The molecule has 7 heteroatoms. The van der Waals surface area contributed by atoms with Crippen molar-refractivity contribution in [3.63, 3.8) is 0 Å². The molecule has 2 N–H and O–H groups in total. The van der Waals surface area contributed by atoms with Crippen molar-refractivity contribution >= 4 is 16.8 Å². The molecular weight excluding hydrogens is 356 g/mol. The Balaban J connectivity index is 1.57. The zero-order valence-corrected chi connectivity index (χ0v) is 16.2. The lowest BCUT2D eigenvalue weighted by Gasteiger charge is -2.27. The van der Waals surface area contributed by atoms with Crippen LogP contribution in [0.15, 0.2) is 29.1 Å². The molecule has 0 spiro atoms. The van der Waals surface area contributed by atoms with Crippen molar-refractivity contribution in [3.05, 3.63) is 45.7 Å². The van der Waals surface area contributed by atoms with Crippen LogP contribution < -0.4 is 10.7 Å². The number of likely N-dealkylation sites (tertiary alicyclic amines) is 1. The molecule has 2 aliphatic heterocycles. The van der Waals surface area contributed by atoms with Crippen molar-refractivity contribution in [2.45, 2.75) is 19.4 Å². The summed E-state index contributed by atoms with van der Waals surface area (Å²) in [5.41, 5.74) is 1.56. The van der Waals surface area contributed by atoms with Gasteiger partial charge in [-0.05, 0) is 38.1 Å². The Bertz CT molecular complexity index is 883. The first kappa shape index (κ1) is 19.1. The Labute approximate surface area is 164 Å². The van der Waals surface area contributed by atoms with E-state index in [1.54, 1.807) is 0 Å². The highest BCUT2D eigenvalue weighted by atomic mass is 16.5. The molecule has 0 atom stereocenters. The number of fused-ring (bicyclic) bond motifs is 1. The number of carbonyl (C=O) groups is 1. The van der Waals surface area contributed by atoms with Gasteiger partial charge in [0.25, 0.3) is 5.91 Å². The van der Waals surface area contributed by atoms with Crippen LogP contribution in [0.25, 0.3) is 10.9 Å². The van der Waals surface area contributed by atoms with E-state index < -0.39 is 0 Å². The number of pyridine rings is 1. The van der Waals surface area contributed by atoms with Gasteiger partial charge in [0, 0.05) is 49.2 Å². The van der Waals surface area contributed by atoms with Crippen LogP contribution in [0.4, 0.5) is 0 Å². The lowest BCUT2D eigenvalue weighted by Crippen LogP contribution is -2.39. The largest absolute Gasteiger partial charge is 0.379 e. The van der Waals surface area contributed by atoms with E-state index in [0.29, 0.717) is 48.5 Å². The molecule has 2 saturated heterocycles. The minimum atomic E-state index is -0.203. The second-order valence-electron chi connectivity index (χ2n) is 7.55. The molecule has 150 valence electrons. The van der Waals surface area contributed by atoms with Gasteiger partial charge in [0.05, 0.1) is 13.2 Å². The summed E-state index contributed by atoms with van der Waals surface area (Å²) in [6.07, 6.45) is 2.46. The van der Waals surface area contributed by atoms with Crippen molar-refractivity contribution in [1.82, 2.24) is 20.1 Å². The second kappa shape index (κ2) is 8.86. The number of amides is 1. The number of hydrogen-bond acceptors (Lipinski definition) is 5. The van der Waals surface area contributed by atoms with Crippen LogP contribution in [0.5, 0.6) is 0 Å². The highest BCUT2D eigenvalue weighted by Crippen LogP contribution is 2.14. The van der Waals surface area contributed by atoms with E-state index in [2.05, 4.69) is 20.1 Å². The summed E-state index contributed by atoms with van der Waals surface area (Å²) in [6.45, 7) is 6.94. The fourth-order valence-corrected chi connectivity index (χ4v) is 4.03. The van der Waals surface area contributed by atoms with Crippen LogP contribution in [0, 0.1) is 0 Å². The van der Waals surface area contributed by atoms with Gasteiger partial charge < -0.3 is 19.9 Å². The molecule has 1 aromatic heterocycles. The summed E-state index contributed by atoms with van der Waals surface area (Å²) in [4.78, 5) is 33.8. The highest BCUT2D eigenvalue weighted by Gasteiger charge is 2.21. The lowest BCUT2D eigenvalue weighted by molar-refractivity contribution is 0.0339. The van der Waals surface area contributed by atoms with Gasteiger partial charge in [-0.2, -0.15) is 0 Å². The molecule has 2 aromatic rings. The Hall–Kier alpha value is -2.22. The van der Waals surface area contributed by atoms with Crippen LogP contribution in [0.3, 0.4) is 0 Å². The number of nitrogens with zero attached hydrogens (tertiary/aromatic N) is 2. The van der Waals surface area contributed by atoms with Crippen LogP contribution in [-0.4, -0.2) is 73.2 Å². The lowest BCUT2D eigenvalue weighted by atomic mass is 10.1. The number of aromatic nitrogens is 1. The van der Waals surface area contributed by atoms with Crippen LogP contribution in [0.2, 0.25) is 0 Å². The van der Waals surface area contributed by atoms with Crippen LogP contribution in [-0.2, 0) is 11.3 Å². The molecule has 2 aliphatic rings. The SMILES string of the molecule is O=C(NCCN1CCCC1)c1[nH]c2ccccc2c(=O)c1CN1CCOCC1. The maximum atomic E-state index is 13.1. The number of rotatable bonds is 6. The topological polar surface area (TPSA) is 77.7 Å². The summed E-state index contributed by atoms with van der Waals surface area (Å²) in [5.74, 6) is -0.203. The van der Waals surface area contributed by atoms with Gasteiger partial charge in [-0.3, -0.25) is 14.5 Å². The van der Waals surface area contributed by atoms with Gasteiger partial charge in [0.15, 0.2) is 5.43 Å². The van der Waals surface area contributed by atoms with E-state index in [1.165, 1.54) is 12.8 Å². The van der Waals surface area contributed by atoms with E-state index in [0.717, 1.165) is 32.7 Å². The summed E-state index contributed by atoms with van der Waals surface area (Å²) in [7, 11) is 0. The van der Waals surface area contributed by atoms with E-state index in [1.807, 2.05) is 24.3 Å². The number of carbonyl (C=O) groups excluding carboxylic acids is 1. The molecule has 28 heavy (non-hydrogen) atoms. The van der Waals surface area contributed by atoms with Gasteiger partial charge in [-0.1, -0.05) is 12.1 Å². The Morgan fingerprint density at radius 3 is 2.61 bits per heavy atom. The summed E-state index contributed by atoms with van der Waals surface area (Å²) in [5, 5.41) is 3.63. The zero-order chi connectivity index (χ0) is 19.3. The minimum Gasteiger partial charge on any atom is -0.379 e. The number of H-pyrrole nitrogens is 1. The zero-order valence-electron chi connectivity index (χ0n) is 16.2.